The molecule has 2 heterocycles. The lowest BCUT2D eigenvalue weighted by atomic mass is 10.0. The molecule has 1 fully saturated rings. The van der Waals surface area contributed by atoms with Crippen LogP contribution in [0.25, 0.3) is 0 Å². The molecule has 26 heavy (non-hydrogen) atoms. The molecule has 1 saturated heterocycles. The Kier molecular flexibility index (Phi) is 4.11. The van der Waals surface area contributed by atoms with Crippen LogP contribution >= 0.6 is 0 Å². The normalized spacial score (nSPS) is 19.3. The van der Waals surface area contributed by atoms with E-state index in [1.54, 1.807) is 11.0 Å². The fourth-order valence-electron chi connectivity index (χ4n) is 3.69. The third kappa shape index (κ3) is 3.03. The van der Waals surface area contributed by atoms with Gasteiger partial charge in [-0.1, -0.05) is 0 Å². The van der Waals surface area contributed by atoms with Gasteiger partial charge in [0, 0.05) is 23.6 Å². The minimum atomic E-state index is -0.337. The molecule has 4 rings (SSSR count). The first-order valence-corrected chi connectivity index (χ1v) is 8.78. The molecule has 2 aromatic rings. The van der Waals surface area contributed by atoms with Gasteiger partial charge in [0.25, 0.3) is 0 Å². The molecule has 6 heteroatoms. The van der Waals surface area contributed by atoms with Crippen LogP contribution in [0, 0.1) is 12.7 Å². The molecule has 0 aromatic heterocycles. The maximum Gasteiger partial charge on any atom is 0.249 e. The predicted octanol–water partition coefficient (Wildman–Crippen LogP) is 3.24. The largest absolute Gasteiger partial charge is 0.374 e. The minimum Gasteiger partial charge on any atom is -0.374 e. The molecule has 0 bridgehead atoms. The van der Waals surface area contributed by atoms with Crippen LogP contribution in [0.3, 0.4) is 0 Å². The van der Waals surface area contributed by atoms with E-state index in [1.807, 2.05) is 25.1 Å². The van der Waals surface area contributed by atoms with E-state index in [0.29, 0.717) is 13.0 Å². The summed E-state index contributed by atoms with van der Waals surface area (Å²) < 4.78 is 13.4. The van der Waals surface area contributed by atoms with Crippen LogP contribution in [0.2, 0.25) is 0 Å². The number of piperidine rings is 1. The molecular formula is C20H20FN3O2. The second-order valence-corrected chi connectivity index (χ2v) is 6.86. The number of carbonyl (C=O) groups is 2. The summed E-state index contributed by atoms with van der Waals surface area (Å²) in [5.41, 5.74) is 4.11. The average molecular weight is 353 g/mol. The first-order chi connectivity index (χ1) is 12.5. The summed E-state index contributed by atoms with van der Waals surface area (Å²) >= 11 is 0. The average Bonchev–Trinajstić information content (AvgIpc) is 2.97. The summed E-state index contributed by atoms with van der Waals surface area (Å²) in [7, 11) is 0. The number of carbonyl (C=O) groups excluding carboxylic acids is 2. The Bertz CT molecular complexity index is 897. The van der Waals surface area contributed by atoms with Crippen LogP contribution in [-0.4, -0.2) is 24.4 Å². The number of halogens is 1. The SMILES string of the molecule is Cc1cc(F)ccc1N1CCCC(Nc2ccc3c(c2)CC(=O)N3)C1=O. The Balaban J connectivity index is 1.53. The van der Waals surface area contributed by atoms with E-state index in [9.17, 15) is 14.0 Å². The number of hydrogen-bond donors (Lipinski definition) is 2. The van der Waals surface area contributed by atoms with Crippen molar-refractivity contribution in [3.63, 3.8) is 0 Å². The van der Waals surface area contributed by atoms with Gasteiger partial charge in [-0.2, -0.15) is 0 Å². The molecule has 2 N–H and O–H groups in total. The summed E-state index contributed by atoms with van der Waals surface area (Å²) in [5.74, 6) is -0.323. The van der Waals surface area contributed by atoms with E-state index < -0.39 is 0 Å². The smallest absolute Gasteiger partial charge is 0.249 e. The zero-order valence-corrected chi connectivity index (χ0v) is 14.5. The minimum absolute atomic E-state index is 0.0103. The van der Waals surface area contributed by atoms with Crippen LogP contribution in [0.5, 0.6) is 0 Å². The Labute approximate surface area is 151 Å². The van der Waals surface area contributed by atoms with E-state index in [4.69, 9.17) is 0 Å². The number of nitrogens with zero attached hydrogens (tertiary/aromatic N) is 1. The standard InChI is InChI=1S/C20H20FN3O2/c1-12-9-14(21)4-7-18(12)24-8-2-3-17(20(24)26)22-15-5-6-16-13(10-15)11-19(25)23-16/h4-7,9-10,17,22H,2-3,8,11H2,1H3,(H,23,25). The van der Waals surface area contributed by atoms with E-state index in [0.717, 1.165) is 41.0 Å². The summed E-state index contributed by atoms with van der Waals surface area (Å²) in [4.78, 5) is 26.2. The zero-order chi connectivity index (χ0) is 18.3. The van der Waals surface area contributed by atoms with Gasteiger partial charge in [0.2, 0.25) is 11.8 Å². The van der Waals surface area contributed by atoms with Crippen molar-refractivity contribution >= 4 is 28.9 Å². The highest BCUT2D eigenvalue weighted by atomic mass is 19.1. The van der Waals surface area contributed by atoms with Crippen molar-refractivity contribution in [1.82, 2.24) is 0 Å². The second kappa shape index (κ2) is 6.44. The first kappa shape index (κ1) is 16.6. The molecule has 2 aromatic carbocycles. The third-order valence-corrected chi connectivity index (χ3v) is 4.96. The molecule has 134 valence electrons. The van der Waals surface area contributed by atoms with Crippen molar-refractivity contribution in [3.05, 3.63) is 53.3 Å². The van der Waals surface area contributed by atoms with E-state index >= 15 is 0 Å². The highest BCUT2D eigenvalue weighted by Crippen LogP contribution is 2.29. The number of nitrogens with one attached hydrogen (secondary N) is 2. The van der Waals surface area contributed by atoms with Gasteiger partial charge < -0.3 is 15.5 Å². The van der Waals surface area contributed by atoms with E-state index in [2.05, 4.69) is 10.6 Å². The number of aryl methyl sites for hydroxylation is 1. The van der Waals surface area contributed by atoms with Crippen molar-refractivity contribution in [2.75, 3.05) is 22.1 Å². The van der Waals surface area contributed by atoms with E-state index in [-0.39, 0.29) is 23.7 Å². The molecular weight excluding hydrogens is 333 g/mol. The van der Waals surface area contributed by atoms with Gasteiger partial charge in [-0.15, -0.1) is 0 Å². The van der Waals surface area contributed by atoms with Crippen molar-refractivity contribution < 1.29 is 14.0 Å². The van der Waals surface area contributed by atoms with Gasteiger partial charge in [0.1, 0.15) is 11.9 Å². The fraction of sp³-hybridized carbons (Fsp3) is 0.300. The number of hydrogen-bond acceptors (Lipinski definition) is 3. The van der Waals surface area contributed by atoms with Crippen LogP contribution in [0.15, 0.2) is 36.4 Å². The van der Waals surface area contributed by atoms with Gasteiger partial charge in [-0.25, -0.2) is 4.39 Å². The summed E-state index contributed by atoms with van der Waals surface area (Å²) in [6, 6.07) is 9.82. The van der Waals surface area contributed by atoms with E-state index in [1.165, 1.54) is 12.1 Å². The zero-order valence-electron chi connectivity index (χ0n) is 14.5. The second-order valence-electron chi connectivity index (χ2n) is 6.86. The maximum absolute atomic E-state index is 13.4. The molecule has 1 atom stereocenters. The number of amides is 2. The lowest BCUT2D eigenvalue weighted by Gasteiger charge is -2.34. The van der Waals surface area contributed by atoms with Crippen LogP contribution in [0.1, 0.15) is 24.0 Å². The number of anilines is 3. The maximum atomic E-state index is 13.4. The molecule has 0 saturated carbocycles. The van der Waals surface area contributed by atoms with Gasteiger partial charge in [0.05, 0.1) is 6.42 Å². The highest BCUT2D eigenvalue weighted by Gasteiger charge is 2.30. The van der Waals surface area contributed by atoms with Crippen molar-refractivity contribution in [2.45, 2.75) is 32.2 Å². The van der Waals surface area contributed by atoms with Crippen molar-refractivity contribution in [1.29, 1.82) is 0 Å². The monoisotopic (exact) mass is 353 g/mol. The molecule has 5 nitrogen and oxygen atoms in total. The van der Waals surface area contributed by atoms with Crippen LogP contribution < -0.4 is 15.5 Å². The molecule has 0 radical (unpaired) electrons. The molecule has 0 aliphatic carbocycles. The highest BCUT2D eigenvalue weighted by molar-refractivity contribution is 6.01. The lowest BCUT2D eigenvalue weighted by Crippen LogP contribution is -2.48. The van der Waals surface area contributed by atoms with Gasteiger partial charge in [-0.05, 0) is 67.3 Å². The van der Waals surface area contributed by atoms with Crippen molar-refractivity contribution in [3.8, 4) is 0 Å². The van der Waals surface area contributed by atoms with Crippen LogP contribution in [0.4, 0.5) is 21.5 Å². The summed E-state index contributed by atoms with van der Waals surface area (Å²) in [6.45, 7) is 2.44. The Morgan fingerprint density at radius 3 is 2.85 bits per heavy atom. The van der Waals surface area contributed by atoms with Crippen molar-refractivity contribution in [2.24, 2.45) is 0 Å². The molecule has 0 spiro atoms. The molecule has 2 aliphatic heterocycles. The number of fused-ring (bicyclic) bond motifs is 1. The predicted molar refractivity (Wildman–Crippen MR) is 98.9 cm³/mol. The molecule has 2 amide bonds. The third-order valence-electron chi connectivity index (χ3n) is 4.96. The Morgan fingerprint density at radius 1 is 1.19 bits per heavy atom. The Morgan fingerprint density at radius 2 is 2.04 bits per heavy atom. The molecule has 1 unspecified atom stereocenters. The fourth-order valence-corrected chi connectivity index (χ4v) is 3.69. The van der Waals surface area contributed by atoms with Crippen LogP contribution in [-0.2, 0) is 16.0 Å². The number of benzene rings is 2. The first-order valence-electron chi connectivity index (χ1n) is 8.78. The summed E-state index contributed by atoms with van der Waals surface area (Å²) in [6.07, 6.45) is 1.97. The van der Waals surface area contributed by atoms with Gasteiger partial charge in [0.15, 0.2) is 0 Å². The Hall–Kier alpha value is -2.89. The molecule has 2 aliphatic rings. The summed E-state index contributed by atoms with van der Waals surface area (Å²) in [5, 5.41) is 6.11. The van der Waals surface area contributed by atoms with Gasteiger partial charge in [-0.3, -0.25) is 9.59 Å². The quantitative estimate of drug-likeness (QED) is 0.891. The lowest BCUT2D eigenvalue weighted by molar-refractivity contribution is -0.120. The number of rotatable bonds is 3. The van der Waals surface area contributed by atoms with Gasteiger partial charge >= 0.3 is 0 Å². The topological polar surface area (TPSA) is 61.4 Å².